The molecule has 0 spiro atoms. The third-order valence-electron chi connectivity index (χ3n) is 5.43. The summed E-state index contributed by atoms with van der Waals surface area (Å²) in [7, 11) is 0. The SMILES string of the molecule is Cc1nc2sc([C@H](c3ccc(F)cc3)[NH+]3CCc4ccccc4C3)c(O)n2n1. The average Bonchev–Trinajstić information content (AvgIpc) is 3.21. The lowest BCUT2D eigenvalue weighted by Crippen LogP contribution is -3.12. The molecule has 0 aliphatic carbocycles. The van der Waals surface area contributed by atoms with Gasteiger partial charge in [-0.1, -0.05) is 35.6 Å². The number of halogens is 1. The molecule has 5 rings (SSSR count). The van der Waals surface area contributed by atoms with E-state index in [1.807, 2.05) is 19.1 Å². The minimum absolute atomic E-state index is 0.109. The van der Waals surface area contributed by atoms with E-state index in [4.69, 9.17) is 0 Å². The lowest BCUT2D eigenvalue weighted by Gasteiger charge is -2.32. The Morgan fingerprint density at radius 3 is 2.64 bits per heavy atom. The van der Waals surface area contributed by atoms with Gasteiger partial charge in [-0.3, -0.25) is 0 Å². The van der Waals surface area contributed by atoms with Crippen molar-refractivity contribution in [1.82, 2.24) is 14.6 Å². The van der Waals surface area contributed by atoms with E-state index >= 15 is 0 Å². The number of hydrogen-bond donors (Lipinski definition) is 2. The number of fused-ring (bicyclic) bond motifs is 2. The number of benzene rings is 2. The fourth-order valence-electron chi connectivity index (χ4n) is 4.11. The zero-order valence-electron chi connectivity index (χ0n) is 15.4. The number of thiazole rings is 1. The van der Waals surface area contributed by atoms with Crippen molar-refractivity contribution in [2.75, 3.05) is 6.54 Å². The first-order valence-electron chi connectivity index (χ1n) is 9.32. The number of quaternary nitrogens is 1. The van der Waals surface area contributed by atoms with Crippen LogP contribution in [0.1, 0.15) is 33.4 Å². The molecule has 0 saturated carbocycles. The Labute approximate surface area is 165 Å². The van der Waals surface area contributed by atoms with Gasteiger partial charge in [0.1, 0.15) is 23.1 Å². The van der Waals surface area contributed by atoms with E-state index < -0.39 is 0 Å². The van der Waals surface area contributed by atoms with Gasteiger partial charge in [-0.2, -0.15) is 4.52 Å². The molecule has 142 valence electrons. The summed E-state index contributed by atoms with van der Waals surface area (Å²) in [6.45, 7) is 3.60. The number of nitrogens with zero attached hydrogens (tertiary/aromatic N) is 3. The molecule has 1 aliphatic heterocycles. The quantitative estimate of drug-likeness (QED) is 0.561. The molecular weight excluding hydrogens is 375 g/mol. The second kappa shape index (κ2) is 6.68. The Morgan fingerprint density at radius 2 is 1.89 bits per heavy atom. The van der Waals surface area contributed by atoms with Crippen molar-refractivity contribution in [3.63, 3.8) is 0 Å². The Kier molecular flexibility index (Phi) is 4.14. The van der Waals surface area contributed by atoms with Crippen LogP contribution in [-0.2, 0) is 13.0 Å². The predicted molar refractivity (Wildman–Crippen MR) is 105 cm³/mol. The van der Waals surface area contributed by atoms with E-state index in [0.29, 0.717) is 10.8 Å². The number of aryl methyl sites for hydroxylation is 1. The van der Waals surface area contributed by atoms with E-state index in [1.165, 1.54) is 44.0 Å². The zero-order chi connectivity index (χ0) is 19.3. The molecule has 2 atom stereocenters. The molecule has 1 aliphatic rings. The minimum atomic E-state index is -0.260. The number of nitrogens with one attached hydrogen (secondary N) is 1. The van der Waals surface area contributed by atoms with Gasteiger partial charge >= 0.3 is 0 Å². The fraction of sp³-hybridized carbons (Fsp3) is 0.238. The van der Waals surface area contributed by atoms with E-state index in [-0.39, 0.29) is 17.7 Å². The number of aromatic hydroxyl groups is 1. The molecule has 2 aromatic carbocycles. The zero-order valence-corrected chi connectivity index (χ0v) is 16.2. The van der Waals surface area contributed by atoms with Gasteiger partial charge in [0, 0.05) is 17.5 Å². The summed E-state index contributed by atoms with van der Waals surface area (Å²) in [4.78, 5) is 7.22. The second-order valence-corrected chi connectivity index (χ2v) is 8.24. The molecule has 0 amide bonds. The van der Waals surface area contributed by atoms with Crippen LogP contribution in [0.2, 0.25) is 0 Å². The van der Waals surface area contributed by atoms with Crippen LogP contribution in [0, 0.1) is 12.7 Å². The highest BCUT2D eigenvalue weighted by Gasteiger charge is 2.34. The molecule has 0 fully saturated rings. The molecule has 4 aromatic rings. The molecule has 2 aromatic heterocycles. The topological polar surface area (TPSA) is 54.9 Å². The third kappa shape index (κ3) is 2.87. The maximum absolute atomic E-state index is 13.6. The van der Waals surface area contributed by atoms with Crippen molar-refractivity contribution in [3.8, 4) is 5.88 Å². The van der Waals surface area contributed by atoms with Gasteiger partial charge in [0.05, 0.1) is 6.54 Å². The largest absolute Gasteiger partial charge is 0.492 e. The Bertz CT molecular complexity index is 1150. The standard InChI is InChI=1S/C21H19FN4OS/c1-13-23-21-26(24-13)20(27)19(28-21)18(15-6-8-17(22)9-7-15)25-11-10-14-4-2-3-5-16(14)12-25/h2-9,18,27H,10-12H2,1H3/p+1/t18-/m0/s1. The Balaban J connectivity index is 1.62. The van der Waals surface area contributed by atoms with Crippen molar-refractivity contribution >= 4 is 16.3 Å². The lowest BCUT2D eigenvalue weighted by molar-refractivity contribution is -0.940. The molecule has 0 radical (unpaired) electrons. The first-order chi connectivity index (χ1) is 13.6. The van der Waals surface area contributed by atoms with Gasteiger partial charge in [0.25, 0.3) is 0 Å². The average molecular weight is 395 g/mol. The van der Waals surface area contributed by atoms with E-state index in [1.54, 1.807) is 0 Å². The predicted octanol–water partition coefficient (Wildman–Crippen LogP) is 2.67. The van der Waals surface area contributed by atoms with Gasteiger partial charge in [-0.15, -0.1) is 5.10 Å². The second-order valence-electron chi connectivity index (χ2n) is 7.23. The normalized spacial score (nSPS) is 17.6. The third-order valence-corrected chi connectivity index (χ3v) is 6.52. The van der Waals surface area contributed by atoms with Gasteiger partial charge in [0.2, 0.25) is 10.8 Å². The maximum Gasteiger partial charge on any atom is 0.235 e. The lowest BCUT2D eigenvalue weighted by atomic mass is 9.96. The monoisotopic (exact) mass is 395 g/mol. The molecule has 0 saturated heterocycles. The minimum Gasteiger partial charge on any atom is -0.492 e. The van der Waals surface area contributed by atoms with Gasteiger partial charge in [-0.25, -0.2) is 9.37 Å². The van der Waals surface area contributed by atoms with Gasteiger partial charge in [0.15, 0.2) is 6.04 Å². The summed E-state index contributed by atoms with van der Waals surface area (Å²) in [5.41, 5.74) is 3.68. The van der Waals surface area contributed by atoms with Crippen molar-refractivity contribution in [1.29, 1.82) is 0 Å². The molecule has 7 heteroatoms. The number of hydrogen-bond acceptors (Lipinski definition) is 4. The molecule has 1 unspecified atom stereocenters. The van der Waals surface area contributed by atoms with Crippen LogP contribution in [0.3, 0.4) is 0 Å². The van der Waals surface area contributed by atoms with Crippen molar-refractivity contribution in [3.05, 3.63) is 81.7 Å². The molecule has 2 N–H and O–H groups in total. The van der Waals surface area contributed by atoms with Crippen LogP contribution in [0.25, 0.3) is 4.96 Å². The first kappa shape index (κ1) is 17.3. The van der Waals surface area contributed by atoms with Gasteiger partial charge < -0.3 is 10.0 Å². The van der Waals surface area contributed by atoms with Crippen LogP contribution < -0.4 is 4.90 Å². The summed E-state index contributed by atoms with van der Waals surface area (Å²) in [5.74, 6) is 0.496. The highest BCUT2D eigenvalue weighted by atomic mass is 32.1. The van der Waals surface area contributed by atoms with Crippen LogP contribution in [0.4, 0.5) is 4.39 Å². The first-order valence-corrected chi connectivity index (χ1v) is 10.1. The molecule has 0 bridgehead atoms. The van der Waals surface area contributed by atoms with Crippen LogP contribution in [0.15, 0.2) is 48.5 Å². The van der Waals surface area contributed by atoms with Crippen LogP contribution in [-0.4, -0.2) is 26.2 Å². The van der Waals surface area contributed by atoms with Crippen LogP contribution in [0.5, 0.6) is 5.88 Å². The highest BCUT2D eigenvalue weighted by molar-refractivity contribution is 7.17. The summed E-state index contributed by atoms with van der Waals surface area (Å²) in [6, 6.07) is 15.0. The van der Waals surface area contributed by atoms with Gasteiger partial charge in [-0.05, 0) is 36.8 Å². The van der Waals surface area contributed by atoms with E-state index in [0.717, 1.165) is 30.0 Å². The summed E-state index contributed by atoms with van der Waals surface area (Å²) in [5, 5.41) is 15.2. The van der Waals surface area contributed by atoms with Crippen molar-refractivity contribution < 1.29 is 14.4 Å². The summed E-state index contributed by atoms with van der Waals surface area (Å²) < 4.78 is 15.1. The van der Waals surface area contributed by atoms with Crippen molar-refractivity contribution in [2.45, 2.75) is 25.9 Å². The maximum atomic E-state index is 13.6. The highest BCUT2D eigenvalue weighted by Crippen LogP contribution is 2.35. The summed E-state index contributed by atoms with van der Waals surface area (Å²) in [6.07, 6.45) is 0.976. The molecule has 3 heterocycles. The number of aromatic nitrogens is 3. The Hall–Kier alpha value is -2.77. The fourth-order valence-corrected chi connectivity index (χ4v) is 5.30. The van der Waals surface area contributed by atoms with Crippen LogP contribution >= 0.6 is 11.3 Å². The van der Waals surface area contributed by atoms with E-state index in [9.17, 15) is 9.50 Å². The van der Waals surface area contributed by atoms with E-state index in [2.05, 4.69) is 34.3 Å². The number of rotatable bonds is 3. The van der Waals surface area contributed by atoms with Crippen molar-refractivity contribution in [2.24, 2.45) is 0 Å². The molecule has 28 heavy (non-hydrogen) atoms. The molecular formula is C21H20FN4OS+. The molecule has 5 nitrogen and oxygen atoms in total. The smallest absolute Gasteiger partial charge is 0.235 e. The Morgan fingerprint density at radius 1 is 1.14 bits per heavy atom. The summed E-state index contributed by atoms with van der Waals surface area (Å²) >= 11 is 1.45.